The molecule has 0 aromatic carbocycles. The Bertz CT molecular complexity index is 361. The quantitative estimate of drug-likeness (QED) is 0.620. The largest absolute Gasteiger partial charge is 0.415 e. The Morgan fingerprint density at radius 3 is 1.38 bits per heavy atom. The molecule has 144 valence electrons. The maximum atomic E-state index is 6.43. The second-order valence-electron chi connectivity index (χ2n) is 10.6. The molecule has 0 saturated carbocycles. The van der Waals surface area contributed by atoms with Gasteiger partial charge < -0.3 is 14.2 Å². The van der Waals surface area contributed by atoms with E-state index in [1.165, 1.54) is 19.3 Å². The molecule has 0 unspecified atom stereocenters. The summed E-state index contributed by atoms with van der Waals surface area (Å²) in [4.78, 5) is 0. The van der Waals surface area contributed by atoms with Crippen LogP contribution in [0.5, 0.6) is 0 Å². The Morgan fingerprint density at radius 2 is 1.08 bits per heavy atom. The maximum Gasteiger partial charge on any atom is 0.192 e. The third-order valence-corrected chi connectivity index (χ3v) is 15.5. The third-order valence-electron chi connectivity index (χ3n) is 6.48. The lowest BCUT2D eigenvalue weighted by Gasteiger charge is -2.40. The first-order valence-electron chi connectivity index (χ1n) is 9.70. The van der Waals surface area contributed by atoms with Crippen LogP contribution in [-0.2, 0) is 8.85 Å². The van der Waals surface area contributed by atoms with E-state index < -0.39 is 16.6 Å². The zero-order chi connectivity index (χ0) is 18.8. The fourth-order valence-electron chi connectivity index (χ4n) is 2.42. The summed E-state index contributed by atoms with van der Waals surface area (Å²) in [6, 6.07) is 0.974. The first-order valence-corrected chi connectivity index (χ1v) is 15.5. The molecule has 0 amide bonds. The summed E-state index contributed by atoms with van der Waals surface area (Å²) in [6.07, 6.45) is 3.74. The molecule has 1 aliphatic heterocycles. The summed E-state index contributed by atoms with van der Waals surface area (Å²) in [5.41, 5.74) is 0. The van der Waals surface area contributed by atoms with Crippen LogP contribution in [0.2, 0.25) is 36.3 Å². The standard InChI is InChI=1S/C19H43NO2Si2/c1-18(2,3)23(7,8)21-14-16-12-11-13-17(20-16)15-22-24(9,10)19(4,5)6/h16-17,20H,11-15H2,1-10H3/t16-,17-/m0/s1. The summed E-state index contributed by atoms with van der Waals surface area (Å²) in [5.74, 6) is 0. The van der Waals surface area contributed by atoms with Gasteiger partial charge in [0, 0.05) is 25.3 Å². The highest BCUT2D eigenvalue weighted by molar-refractivity contribution is 6.74. The lowest BCUT2D eigenvalue weighted by atomic mass is 10.00. The van der Waals surface area contributed by atoms with E-state index in [2.05, 4.69) is 73.0 Å². The van der Waals surface area contributed by atoms with Crippen molar-refractivity contribution in [3.63, 3.8) is 0 Å². The second kappa shape index (κ2) is 7.91. The Morgan fingerprint density at radius 1 is 0.750 bits per heavy atom. The van der Waals surface area contributed by atoms with Gasteiger partial charge in [-0.1, -0.05) is 48.0 Å². The van der Waals surface area contributed by atoms with E-state index in [9.17, 15) is 0 Å². The summed E-state index contributed by atoms with van der Waals surface area (Å²) in [5, 5.41) is 4.36. The Labute approximate surface area is 153 Å². The molecule has 1 saturated heterocycles. The van der Waals surface area contributed by atoms with E-state index in [1.54, 1.807) is 0 Å². The highest BCUT2D eigenvalue weighted by Gasteiger charge is 2.39. The first-order chi connectivity index (χ1) is 10.7. The molecular formula is C19H43NO2Si2. The minimum atomic E-state index is -1.65. The molecule has 0 aromatic heterocycles. The SMILES string of the molecule is CC(C)(C)[Si](C)(C)OC[C@@H]1CCC[C@@H](CO[Si](C)(C)C(C)(C)C)N1. The maximum absolute atomic E-state index is 6.43. The molecule has 1 fully saturated rings. The first kappa shape index (κ1) is 22.4. The van der Waals surface area contributed by atoms with Crippen LogP contribution < -0.4 is 5.32 Å². The van der Waals surface area contributed by atoms with Crippen LogP contribution in [0.15, 0.2) is 0 Å². The van der Waals surface area contributed by atoms with Gasteiger partial charge in [0.15, 0.2) is 16.6 Å². The topological polar surface area (TPSA) is 30.5 Å². The third kappa shape index (κ3) is 6.24. The Balaban J connectivity index is 2.48. The van der Waals surface area contributed by atoms with E-state index in [1.807, 2.05) is 0 Å². The molecule has 1 heterocycles. The fourth-order valence-corrected chi connectivity index (χ4v) is 4.53. The van der Waals surface area contributed by atoms with Crippen LogP contribution in [0.25, 0.3) is 0 Å². The fraction of sp³-hybridized carbons (Fsp3) is 1.00. The van der Waals surface area contributed by atoms with Crippen molar-refractivity contribution in [3.05, 3.63) is 0 Å². The average molecular weight is 374 g/mol. The number of piperidine rings is 1. The van der Waals surface area contributed by atoms with Gasteiger partial charge in [0.2, 0.25) is 0 Å². The molecule has 0 aliphatic carbocycles. The normalized spacial score (nSPS) is 24.2. The molecule has 0 radical (unpaired) electrons. The predicted molar refractivity (Wildman–Crippen MR) is 111 cm³/mol. The van der Waals surface area contributed by atoms with Crippen molar-refractivity contribution in [2.24, 2.45) is 0 Å². The van der Waals surface area contributed by atoms with Crippen LogP contribution in [0.1, 0.15) is 60.8 Å². The lowest BCUT2D eigenvalue weighted by molar-refractivity contribution is 0.162. The predicted octanol–water partition coefficient (Wildman–Crippen LogP) is 5.54. The highest BCUT2D eigenvalue weighted by Crippen LogP contribution is 2.37. The van der Waals surface area contributed by atoms with Gasteiger partial charge in [0.25, 0.3) is 0 Å². The van der Waals surface area contributed by atoms with Crippen LogP contribution >= 0.6 is 0 Å². The molecule has 0 aromatic rings. The minimum Gasteiger partial charge on any atom is -0.415 e. The van der Waals surface area contributed by atoms with Crippen molar-refractivity contribution in [3.8, 4) is 0 Å². The van der Waals surface area contributed by atoms with Gasteiger partial charge in [-0.15, -0.1) is 0 Å². The van der Waals surface area contributed by atoms with E-state index in [0.29, 0.717) is 12.1 Å². The van der Waals surface area contributed by atoms with Gasteiger partial charge in [-0.05, 0) is 49.1 Å². The molecule has 2 atom stereocenters. The van der Waals surface area contributed by atoms with Gasteiger partial charge in [0.05, 0.1) is 0 Å². The van der Waals surface area contributed by atoms with Crippen molar-refractivity contribution >= 4 is 16.6 Å². The number of rotatable bonds is 6. The molecule has 1 aliphatic rings. The van der Waals surface area contributed by atoms with Gasteiger partial charge in [-0.25, -0.2) is 0 Å². The van der Waals surface area contributed by atoms with Crippen molar-refractivity contribution in [1.29, 1.82) is 0 Å². The van der Waals surface area contributed by atoms with E-state index >= 15 is 0 Å². The number of nitrogens with one attached hydrogen (secondary N) is 1. The zero-order valence-electron chi connectivity index (χ0n) is 18.0. The van der Waals surface area contributed by atoms with Gasteiger partial charge >= 0.3 is 0 Å². The summed E-state index contributed by atoms with van der Waals surface area (Å²) >= 11 is 0. The van der Waals surface area contributed by atoms with E-state index in [4.69, 9.17) is 8.85 Å². The lowest BCUT2D eigenvalue weighted by Crippen LogP contribution is -2.52. The average Bonchev–Trinajstić information content (AvgIpc) is 2.41. The monoisotopic (exact) mass is 373 g/mol. The zero-order valence-corrected chi connectivity index (χ0v) is 20.0. The van der Waals surface area contributed by atoms with Gasteiger partial charge in [-0.3, -0.25) is 0 Å². The van der Waals surface area contributed by atoms with Crippen LogP contribution in [0, 0.1) is 0 Å². The summed E-state index contributed by atoms with van der Waals surface area (Å²) < 4.78 is 12.9. The minimum absolute atomic E-state index is 0.284. The molecule has 0 bridgehead atoms. The molecule has 24 heavy (non-hydrogen) atoms. The summed E-state index contributed by atoms with van der Waals surface area (Å²) in [7, 11) is -3.30. The second-order valence-corrected chi connectivity index (χ2v) is 20.3. The molecular weight excluding hydrogens is 330 g/mol. The molecule has 1 N–H and O–H groups in total. The smallest absolute Gasteiger partial charge is 0.192 e. The van der Waals surface area contributed by atoms with E-state index in [-0.39, 0.29) is 10.1 Å². The molecule has 3 nitrogen and oxygen atoms in total. The van der Waals surface area contributed by atoms with Crippen LogP contribution in [0.4, 0.5) is 0 Å². The molecule has 5 heteroatoms. The van der Waals surface area contributed by atoms with Crippen molar-refractivity contribution < 1.29 is 8.85 Å². The van der Waals surface area contributed by atoms with Crippen LogP contribution in [0.3, 0.4) is 0 Å². The number of hydrogen-bond acceptors (Lipinski definition) is 3. The Kier molecular flexibility index (Phi) is 7.37. The molecule has 1 rings (SSSR count). The van der Waals surface area contributed by atoms with Crippen molar-refractivity contribution in [2.75, 3.05) is 13.2 Å². The Hall–Kier alpha value is 0.314. The summed E-state index contributed by atoms with van der Waals surface area (Å²) in [6.45, 7) is 24.9. The van der Waals surface area contributed by atoms with Crippen LogP contribution in [-0.4, -0.2) is 41.9 Å². The van der Waals surface area contributed by atoms with Gasteiger partial charge in [-0.2, -0.15) is 0 Å². The van der Waals surface area contributed by atoms with Crippen molar-refractivity contribution in [1.82, 2.24) is 5.32 Å². The molecule has 0 spiro atoms. The number of hydrogen-bond donors (Lipinski definition) is 1. The van der Waals surface area contributed by atoms with Gasteiger partial charge in [0.1, 0.15) is 0 Å². The van der Waals surface area contributed by atoms with E-state index in [0.717, 1.165) is 13.2 Å². The van der Waals surface area contributed by atoms with Crippen molar-refractivity contribution in [2.45, 2.75) is 109 Å². The highest BCUT2D eigenvalue weighted by atomic mass is 28.4.